The summed E-state index contributed by atoms with van der Waals surface area (Å²) in [6, 6.07) is 9.39. The predicted octanol–water partition coefficient (Wildman–Crippen LogP) is 2.16. The van der Waals surface area contributed by atoms with Gasteiger partial charge in [-0.2, -0.15) is 10.2 Å². The van der Waals surface area contributed by atoms with E-state index in [-0.39, 0.29) is 17.5 Å². The number of nitrogens with zero attached hydrogens (tertiary/aromatic N) is 9. The van der Waals surface area contributed by atoms with E-state index in [9.17, 15) is 9.59 Å². The third-order valence-electron chi connectivity index (χ3n) is 7.24. The Morgan fingerprint density at radius 2 is 1.84 bits per heavy atom. The van der Waals surface area contributed by atoms with Gasteiger partial charge in [0, 0.05) is 76.6 Å². The van der Waals surface area contributed by atoms with Crippen LogP contribution in [0.15, 0.2) is 48.9 Å². The van der Waals surface area contributed by atoms with E-state index in [1.807, 2.05) is 49.0 Å². The number of rotatable bonds is 8. The fourth-order valence-electron chi connectivity index (χ4n) is 4.75. The SMILES string of the molecule is Cn1nc(-c2cccnc2)nc1CCN.Cn1ncc(C(=O)N2CCC2)c1C(=O)NCCc1nc2cc(Cl)ccc2n1C. The summed E-state index contributed by atoms with van der Waals surface area (Å²) in [7, 11) is 5.47. The smallest absolute Gasteiger partial charge is 0.270 e. The monoisotopic (exact) mass is 603 g/mol. The number of likely N-dealkylation sites (tertiary alicyclic amines) is 1. The van der Waals surface area contributed by atoms with Crippen molar-refractivity contribution in [3.63, 3.8) is 0 Å². The Hall–Kier alpha value is -4.62. The Kier molecular flexibility index (Phi) is 9.12. The zero-order valence-corrected chi connectivity index (χ0v) is 25.1. The van der Waals surface area contributed by atoms with E-state index in [2.05, 4.69) is 30.5 Å². The van der Waals surface area contributed by atoms with Gasteiger partial charge in [0.1, 0.15) is 17.3 Å². The summed E-state index contributed by atoms with van der Waals surface area (Å²) in [5.41, 5.74) is 8.85. The molecule has 1 saturated heterocycles. The second kappa shape index (κ2) is 13.1. The summed E-state index contributed by atoms with van der Waals surface area (Å²) in [6.45, 7) is 2.43. The molecule has 4 aromatic heterocycles. The van der Waals surface area contributed by atoms with Gasteiger partial charge in [-0.1, -0.05) is 11.6 Å². The second-order valence-corrected chi connectivity index (χ2v) is 10.6. The first-order valence-electron chi connectivity index (χ1n) is 14.0. The summed E-state index contributed by atoms with van der Waals surface area (Å²) in [5.74, 6) is 1.99. The molecule has 1 fully saturated rings. The van der Waals surface area contributed by atoms with E-state index in [1.54, 1.807) is 29.0 Å². The lowest BCUT2D eigenvalue weighted by molar-refractivity contribution is 0.0647. The van der Waals surface area contributed by atoms with E-state index in [4.69, 9.17) is 17.3 Å². The van der Waals surface area contributed by atoms with Crippen molar-refractivity contribution in [2.75, 3.05) is 26.2 Å². The van der Waals surface area contributed by atoms with Gasteiger partial charge in [-0.05, 0) is 43.3 Å². The minimum absolute atomic E-state index is 0.142. The van der Waals surface area contributed by atoms with E-state index < -0.39 is 0 Å². The molecule has 1 aliphatic rings. The lowest BCUT2D eigenvalue weighted by Gasteiger charge is -2.30. The highest BCUT2D eigenvalue weighted by Gasteiger charge is 2.28. The maximum atomic E-state index is 12.7. The molecule has 43 heavy (non-hydrogen) atoms. The Bertz CT molecular complexity index is 1740. The standard InChI is InChI=1S/C19H21ClN6O2.C10H13N5/c1-24-15-5-4-12(20)10-14(15)23-16(24)6-7-21-18(27)17-13(11-22-25(17)2)19(28)26-8-3-9-26;1-15-9(4-5-11)13-10(14-15)8-3-2-6-12-7-8/h4-5,10-11H,3,6-9H2,1-2H3,(H,21,27);2-3,6-7H,4-5,11H2,1H3. The number of aryl methyl sites for hydroxylation is 3. The van der Waals surface area contributed by atoms with Crippen molar-refractivity contribution in [3.8, 4) is 11.4 Å². The number of fused-ring (bicyclic) bond motifs is 1. The second-order valence-electron chi connectivity index (χ2n) is 10.2. The minimum Gasteiger partial charge on any atom is -0.350 e. The third kappa shape index (κ3) is 6.57. The summed E-state index contributed by atoms with van der Waals surface area (Å²) in [5, 5.41) is 11.9. The highest BCUT2D eigenvalue weighted by Crippen LogP contribution is 2.20. The zero-order valence-electron chi connectivity index (χ0n) is 24.4. The van der Waals surface area contributed by atoms with Crippen molar-refractivity contribution in [2.45, 2.75) is 19.3 Å². The van der Waals surface area contributed by atoms with E-state index >= 15 is 0 Å². The molecule has 0 spiro atoms. The molecule has 0 unspecified atom stereocenters. The maximum Gasteiger partial charge on any atom is 0.270 e. The van der Waals surface area contributed by atoms with Crippen molar-refractivity contribution >= 4 is 34.4 Å². The molecule has 224 valence electrons. The van der Waals surface area contributed by atoms with Gasteiger partial charge in [-0.15, -0.1) is 0 Å². The van der Waals surface area contributed by atoms with Crippen molar-refractivity contribution in [2.24, 2.45) is 26.9 Å². The number of nitrogens with two attached hydrogens (primary N) is 1. The number of nitrogens with one attached hydrogen (secondary N) is 1. The molecule has 14 heteroatoms. The molecule has 0 radical (unpaired) electrons. The number of imidazole rings is 1. The van der Waals surface area contributed by atoms with Gasteiger partial charge < -0.3 is 20.5 Å². The van der Waals surface area contributed by atoms with E-state index in [0.717, 1.165) is 54.2 Å². The van der Waals surface area contributed by atoms with Crippen LogP contribution in [0.5, 0.6) is 0 Å². The molecule has 6 rings (SSSR count). The summed E-state index contributed by atoms with van der Waals surface area (Å²) in [6.07, 6.45) is 7.24. The first-order valence-corrected chi connectivity index (χ1v) is 14.3. The summed E-state index contributed by atoms with van der Waals surface area (Å²) >= 11 is 6.03. The lowest BCUT2D eigenvalue weighted by atomic mass is 10.1. The average molecular weight is 604 g/mol. The normalized spacial score (nSPS) is 12.5. The van der Waals surface area contributed by atoms with Gasteiger partial charge in [0.25, 0.3) is 11.8 Å². The van der Waals surface area contributed by atoms with Crippen LogP contribution < -0.4 is 11.1 Å². The number of hydrogen-bond donors (Lipinski definition) is 2. The maximum absolute atomic E-state index is 12.7. The first kappa shape index (κ1) is 29.9. The third-order valence-corrected chi connectivity index (χ3v) is 7.47. The van der Waals surface area contributed by atoms with E-state index in [0.29, 0.717) is 35.9 Å². The molecule has 0 atom stereocenters. The molecule has 3 N–H and O–H groups in total. The number of pyridine rings is 1. The van der Waals surface area contributed by atoms with Crippen LogP contribution in [0.3, 0.4) is 0 Å². The van der Waals surface area contributed by atoms with Gasteiger partial charge in [-0.3, -0.25) is 23.9 Å². The van der Waals surface area contributed by atoms with Crippen molar-refractivity contribution in [1.29, 1.82) is 0 Å². The highest BCUT2D eigenvalue weighted by atomic mass is 35.5. The van der Waals surface area contributed by atoms with Crippen LogP contribution >= 0.6 is 11.6 Å². The fraction of sp³-hybridized carbons (Fsp3) is 0.345. The van der Waals surface area contributed by atoms with Gasteiger partial charge in [0.05, 0.1) is 22.8 Å². The van der Waals surface area contributed by atoms with Crippen LogP contribution in [0, 0.1) is 0 Å². The number of amides is 2. The highest BCUT2D eigenvalue weighted by molar-refractivity contribution is 6.31. The van der Waals surface area contributed by atoms with Gasteiger partial charge in [-0.25, -0.2) is 9.97 Å². The fourth-order valence-corrected chi connectivity index (χ4v) is 4.92. The molecular weight excluding hydrogens is 570 g/mol. The summed E-state index contributed by atoms with van der Waals surface area (Å²) < 4.78 is 5.19. The number of hydrogen-bond acceptors (Lipinski definition) is 8. The number of benzene rings is 1. The van der Waals surface area contributed by atoms with Gasteiger partial charge in [0.2, 0.25) is 0 Å². The van der Waals surface area contributed by atoms with Crippen LogP contribution in [0.2, 0.25) is 5.02 Å². The number of halogens is 1. The molecule has 1 aromatic carbocycles. The van der Waals surface area contributed by atoms with Crippen molar-refractivity contribution < 1.29 is 9.59 Å². The number of carbonyl (C=O) groups excluding carboxylic acids is 2. The van der Waals surface area contributed by atoms with Crippen LogP contribution in [-0.2, 0) is 34.0 Å². The Balaban J connectivity index is 0.000000207. The molecule has 0 bridgehead atoms. The lowest BCUT2D eigenvalue weighted by Crippen LogP contribution is -2.43. The Labute approximate surface area is 253 Å². The molecule has 5 heterocycles. The number of aromatic nitrogens is 8. The molecule has 2 amide bonds. The largest absolute Gasteiger partial charge is 0.350 e. The van der Waals surface area contributed by atoms with Crippen molar-refractivity contribution in [1.82, 2.24) is 49.3 Å². The van der Waals surface area contributed by atoms with Crippen molar-refractivity contribution in [3.05, 3.63) is 76.9 Å². The Morgan fingerprint density at radius 1 is 1.02 bits per heavy atom. The quantitative estimate of drug-likeness (QED) is 0.273. The zero-order chi connectivity index (χ0) is 30.5. The summed E-state index contributed by atoms with van der Waals surface area (Å²) in [4.78, 5) is 39.9. The topological polar surface area (TPSA) is 155 Å². The van der Waals surface area contributed by atoms with Crippen LogP contribution in [0.4, 0.5) is 0 Å². The predicted molar refractivity (Wildman–Crippen MR) is 162 cm³/mol. The van der Waals surface area contributed by atoms with E-state index in [1.165, 1.54) is 10.9 Å². The van der Waals surface area contributed by atoms with Gasteiger partial charge in [0.15, 0.2) is 5.82 Å². The van der Waals surface area contributed by atoms with Crippen LogP contribution in [-0.4, -0.2) is 82.0 Å². The molecule has 1 aliphatic heterocycles. The number of carbonyl (C=O) groups is 2. The molecular formula is C29H34ClN11O2. The minimum atomic E-state index is -0.314. The van der Waals surface area contributed by atoms with Gasteiger partial charge >= 0.3 is 0 Å². The Morgan fingerprint density at radius 3 is 2.53 bits per heavy atom. The average Bonchev–Trinajstić information content (AvgIpc) is 3.63. The first-order chi connectivity index (χ1) is 20.8. The molecule has 5 aromatic rings. The molecule has 0 aliphatic carbocycles. The molecule has 13 nitrogen and oxygen atoms in total. The van der Waals surface area contributed by atoms with Crippen LogP contribution in [0.25, 0.3) is 22.4 Å². The molecule has 0 saturated carbocycles. The van der Waals surface area contributed by atoms with Crippen LogP contribution in [0.1, 0.15) is 38.9 Å².